The number of para-hydroxylation sites is 3. The van der Waals surface area contributed by atoms with Gasteiger partial charge in [-0.15, -0.1) is 0 Å². The first kappa shape index (κ1) is 19.4. The van der Waals surface area contributed by atoms with Crippen LogP contribution in [-0.4, -0.2) is 59.6 Å². The lowest BCUT2D eigenvalue weighted by molar-refractivity contribution is -0.121. The smallest absolute Gasteiger partial charge is 0.240 e. The lowest BCUT2D eigenvalue weighted by Crippen LogP contribution is -2.46. The van der Waals surface area contributed by atoms with E-state index >= 15 is 0 Å². The number of hydrogen-bond donors (Lipinski definition) is 2. The summed E-state index contributed by atoms with van der Waals surface area (Å²) in [4.78, 5) is 19.6. The normalized spacial score (nSPS) is 14.8. The number of benzene rings is 2. The molecular formula is C22H27N5O2. The largest absolute Gasteiger partial charge is 0.486 e. The minimum absolute atomic E-state index is 0.00995. The molecule has 2 aromatic carbocycles. The van der Waals surface area contributed by atoms with Crippen LogP contribution < -0.4 is 15.4 Å². The van der Waals surface area contributed by atoms with E-state index in [-0.39, 0.29) is 12.5 Å². The summed E-state index contributed by atoms with van der Waals surface area (Å²) >= 11 is 0. The molecule has 0 unspecified atom stereocenters. The van der Waals surface area contributed by atoms with Crippen molar-refractivity contribution in [3.63, 3.8) is 0 Å². The Morgan fingerprint density at radius 3 is 2.66 bits per heavy atom. The van der Waals surface area contributed by atoms with Crippen LogP contribution in [-0.2, 0) is 17.9 Å². The van der Waals surface area contributed by atoms with Gasteiger partial charge in [0.2, 0.25) is 5.91 Å². The molecule has 1 aromatic heterocycles. The molecule has 1 amide bonds. The monoisotopic (exact) mass is 393 g/mol. The molecule has 3 aromatic rings. The lowest BCUT2D eigenvalue weighted by atomic mass is 10.3. The maximum Gasteiger partial charge on any atom is 0.240 e. The van der Waals surface area contributed by atoms with Gasteiger partial charge in [-0.25, -0.2) is 4.98 Å². The SMILES string of the molecule is O=C(Cn1c(COc2ccccc2)nc2ccccc21)NCCN1CCNCC1. The van der Waals surface area contributed by atoms with Gasteiger partial charge in [0.15, 0.2) is 0 Å². The summed E-state index contributed by atoms with van der Waals surface area (Å²) < 4.78 is 7.82. The van der Waals surface area contributed by atoms with Crippen molar-refractivity contribution in [3.8, 4) is 5.75 Å². The van der Waals surface area contributed by atoms with E-state index in [1.54, 1.807) is 0 Å². The van der Waals surface area contributed by atoms with Gasteiger partial charge in [-0.1, -0.05) is 30.3 Å². The molecule has 29 heavy (non-hydrogen) atoms. The third-order valence-corrected chi connectivity index (χ3v) is 5.11. The fourth-order valence-corrected chi connectivity index (χ4v) is 3.56. The van der Waals surface area contributed by atoms with Gasteiger partial charge < -0.3 is 19.9 Å². The molecule has 2 N–H and O–H groups in total. The van der Waals surface area contributed by atoms with Crippen molar-refractivity contribution in [3.05, 3.63) is 60.4 Å². The Morgan fingerprint density at radius 1 is 1.07 bits per heavy atom. The van der Waals surface area contributed by atoms with Gasteiger partial charge in [0.05, 0.1) is 11.0 Å². The molecule has 152 valence electrons. The predicted molar refractivity (Wildman–Crippen MR) is 113 cm³/mol. The highest BCUT2D eigenvalue weighted by molar-refractivity contribution is 5.81. The van der Waals surface area contributed by atoms with Crippen LogP contribution in [0, 0.1) is 0 Å². The molecule has 4 rings (SSSR count). The first-order valence-electron chi connectivity index (χ1n) is 10.1. The van der Waals surface area contributed by atoms with Gasteiger partial charge in [-0.2, -0.15) is 0 Å². The number of carbonyl (C=O) groups is 1. The summed E-state index contributed by atoms with van der Waals surface area (Å²) in [6.07, 6.45) is 0. The number of aromatic nitrogens is 2. The zero-order valence-electron chi connectivity index (χ0n) is 16.5. The number of fused-ring (bicyclic) bond motifs is 1. The van der Waals surface area contributed by atoms with Crippen molar-refractivity contribution in [2.24, 2.45) is 0 Å². The van der Waals surface area contributed by atoms with E-state index in [4.69, 9.17) is 4.74 Å². The number of rotatable bonds is 8. The highest BCUT2D eigenvalue weighted by Gasteiger charge is 2.15. The lowest BCUT2D eigenvalue weighted by Gasteiger charge is -2.27. The fourth-order valence-electron chi connectivity index (χ4n) is 3.56. The number of imidazole rings is 1. The van der Waals surface area contributed by atoms with Crippen LogP contribution in [0.3, 0.4) is 0 Å². The second-order valence-electron chi connectivity index (χ2n) is 7.15. The summed E-state index contributed by atoms with van der Waals surface area (Å²) in [6.45, 7) is 6.16. The van der Waals surface area contributed by atoms with Gasteiger partial charge >= 0.3 is 0 Å². The summed E-state index contributed by atoms with van der Waals surface area (Å²) in [7, 11) is 0. The van der Waals surface area contributed by atoms with Gasteiger partial charge in [-0.05, 0) is 24.3 Å². The molecule has 0 atom stereocenters. The molecule has 1 aliphatic heterocycles. The van der Waals surface area contributed by atoms with E-state index in [1.165, 1.54) is 0 Å². The second-order valence-corrected chi connectivity index (χ2v) is 7.15. The number of ether oxygens (including phenoxy) is 1. The van der Waals surface area contributed by atoms with Crippen molar-refractivity contribution in [2.75, 3.05) is 39.3 Å². The second kappa shape index (κ2) is 9.54. The Labute approximate surface area is 170 Å². The molecular weight excluding hydrogens is 366 g/mol. The van der Waals surface area contributed by atoms with Crippen LogP contribution in [0.5, 0.6) is 5.75 Å². The van der Waals surface area contributed by atoms with Crippen LogP contribution in [0.4, 0.5) is 0 Å². The van der Waals surface area contributed by atoms with Crippen LogP contribution >= 0.6 is 0 Å². The Hall–Kier alpha value is -2.90. The number of nitrogens with zero attached hydrogens (tertiary/aromatic N) is 3. The zero-order chi connectivity index (χ0) is 19.9. The van der Waals surface area contributed by atoms with Crippen molar-refractivity contribution in [2.45, 2.75) is 13.2 Å². The average molecular weight is 393 g/mol. The fraction of sp³-hybridized carbons (Fsp3) is 0.364. The highest BCUT2D eigenvalue weighted by Crippen LogP contribution is 2.18. The van der Waals surface area contributed by atoms with Gasteiger partial charge in [0, 0.05) is 39.3 Å². The minimum Gasteiger partial charge on any atom is -0.486 e. The van der Waals surface area contributed by atoms with Crippen molar-refractivity contribution in [1.82, 2.24) is 25.1 Å². The van der Waals surface area contributed by atoms with Crippen LogP contribution in [0.25, 0.3) is 11.0 Å². The molecule has 7 nitrogen and oxygen atoms in total. The molecule has 0 radical (unpaired) electrons. The Bertz CT molecular complexity index is 935. The molecule has 7 heteroatoms. The summed E-state index contributed by atoms with van der Waals surface area (Å²) in [6, 6.07) is 17.5. The standard InChI is InChI=1S/C22H27N5O2/c28-22(24-12-15-26-13-10-23-11-14-26)16-27-20-9-5-4-8-19(20)25-21(27)17-29-18-6-2-1-3-7-18/h1-9,23H,10-17H2,(H,24,28). The van der Waals surface area contributed by atoms with E-state index < -0.39 is 0 Å². The molecule has 1 aliphatic rings. The Kier molecular flexibility index (Phi) is 6.38. The highest BCUT2D eigenvalue weighted by atomic mass is 16.5. The van der Waals surface area contributed by atoms with Crippen LogP contribution in [0.1, 0.15) is 5.82 Å². The van der Waals surface area contributed by atoms with E-state index in [0.29, 0.717) is 13.2 Å². The van der Waals surface area contributed by atoms with E-state index in [2.05, 4.69) is 20.5 Å². The summed E-state index contributed by atoms with van der Waals surface area (Å²) in [5.41, 5.74) is 1.81. The van der Waals surface area contributed by atoms with Crippen molar-refractivity contribution < 1.29 is 9.53 Å². The summed E-state index contributed by atoms with van der Waals surface area (Å²) in [5, 5.41) is 6.38. The topological polar surface area (TPSA) is 71.4 Å². The predicted octanol–water partition coefficient (Wildman–Crippen LogP) is 1.64. The number of amides is 1. The molecule has 0 bridgehead atoms. The molecule has 2 heterocycles. The first-order chi connectivity index (χ1) is 14.3. The molecule has 0 aliphatic carbocycles. The van der Waals surface area contributed by atoms with Gasteiger partial charge in [-0.3, -0.25) is 9.69 Å². The van der Waals surface area contributed by atoms with Gasteiger partial charge in [0.25, 0.3) is 0 Å². The third-order valence-electron chi connectivity index (χ3n) is 5.11. The number of piperazine rings is 1. The Morgan fingerprint density at radius 2 is 1.83 bits per heavy atom. The third kappa shape index (κ3) is 5.13. The van der Waals surface area contributed by atoms with Crippen molar-refractivity contribution in [1.29, 1.82) is 0 Å². The first-order valence-corrected chi connectivity index (χ1v) is 10.1. The quantitative estimate of drug-likeness (QED) is 0.609. The number of hydrogen-bond acceptors (Lipinski definition) is 5. The molecule has 0 saturated carbocycles. The molecule has 1 fully saturated rings. The van der Waals surface area contributed by atoms with Crippen LogP contribution in [0.2, 0.25) is 0 Å². The van der Waals surface area contributed by atoms with Gasteiger partial charge in [0.1, 0.15) is 24.7 Å². The average Bonchev–Trinajstić information content (AvgIpc) is 3.11. The summed E-state index contributed by atoms with van der Waals surface area (Å²) in [5.74, 6) is 1.52. The minimum atomic E-state index is -0.00995. The van der Waals surface area contributed by atoms with Crippen molar-refractivity contribution >= 4 is 16.9 Å². The maximum absolute atomic E-state index is 12.6. The number of carbonyl (C=O) groups excluding carboxylic acids is 1. The van der Waals surface area contributed by atoms with E-state index in [0.717, 1.165) is 55.3 Å². The zero-order valence-corrected chi connectivity index (χ0v) is 16.5. The Balaban J connectivity index is 1.40. The number of nitrogens with one attached hydrogen (secondary N) is 2. The van der Waals surface area contributed by atoms with E-state index in [1.807, 2.05) is 59.2 Å². The molecule has 0 spiro atoms. The van der Waals surface area contributed by atoms with Crippen LogP contribution in [0.15, 0.2) is 54.6 Å². The molecule has 1 saturated heterocycles. The maximum atomic E-state index is 12.6. The van der Waals surface area contributed by atoms with E-state index in [9.17, 15) is 4.79 Å².